The number of aliphatic hydroxyl groups is 1. The Morgan fingerprint density at radius 1 is 1.50 bits per heavy atom. The summed E-state index contributed by atoms with van der Waals surface area (Å²) in [7, 11) is -2.40. The van der Waals surface area contributed by atoms with Crippen LogP contribution in [0.1, 0.15) is 19.3 Å². The molecule has 0 bridgehead atoms. The second-order valence-electron chi connectivity index (χ2n) is 4.93. The smallest absolute Gasteiger partial charge is 0.244 e. The Balaban J connectivity index is 2.26. The van der Waals surface area contributed by atoms with Crippen molar-refractivity contribution < 1.29 is 18.3 Å². The molecule has 0 unspecified atom stereocenters. The molecule has 0 saturated heterocycles. The van der Waals surface area contributed by atoms with E-state index in [0.717, 1.165) is 6.42 Å². The lowest BCUT2D eigenvalue weighted by atomic mass is 9.81. The normalized spacial score (nSPS) is 17.6. The molecular formula is C12H17BrN2O4S. The molecule has 1 aromatic carbocycles. The van der Waals surface area contributed by atoms with Gasteiger partial charge in [-0.25, -0.2) is 13.1 Å². The topological polar surface area (TPSA) is 102 Å². The van der Waals surface area contributed by atoms with Crippen LogP contribution in [0.25, 0.3) is 0 Å². The van der Waals surface area contributed by atoms with Gasteiger partial charge in [-0.3, -0.25) is 0 Å². The van der Waals surface area contributed by atoms with Crippen molar-refractivity contribution in [3.8, 4) is 5.75 Å². The van der Waals surface area contributed by atoms with Crippen LogP contribution >= 0.6 is 15.9 Å². The summed E-state index contributed by atoms with van der Waals surface area (Å²) in [6, 6.07) is 2.83. The van der Waals surface area contributed by atoms with Gasteiger partial charge in [-0.2, -0.15) is 0 Å². The van der Waals surface area contributed by atoms with E-state index in [9.17, 15) is 13.5 Å². The first kappa shape index (κ1) is 15.6. The summed E-state index contributed by atoms with van der Waals surface area (Å²) in [5.74, 6) is 0.194. The minimum absolute atomic E-state index is 0.00550. The van der Waals surface area contributed by atoms with E-state index in [2.05, 4.69) is 20.7 Å². The lowest BCUT2D eigenvalue weighted by Gasteiger charge is -2.36. The first-order valence-corrected chi connectivity index (χ1v) is 8.40. The molecule has 1 aliphatic carbocycles. The maximum atomic E-state index is 12.3. The van der Waals surface area contributed by atoms with Crippen molar-refractivity contribution in [1.29, 1.82) is 0 Å². The van der Waals surface area contributed by atoms with Gasteiger partial charge in [-0.05, 0) is 47.3 Å². The van der Waals surface area contributed by atoms with Crippen LogP contribution < -0.4 is 15.2 Å². The Labute approximate surface area is 126 Å². The van der Waals surface area contributed by atoms with Crippen LogP contribution in [-0.4, -0.2) is 32.8 Å². The summed E-state index contributed by atoms with van der Waals surface area (Å²) >= 11 is 3.22. The van der Waals surface area contributed by atoms with Gasteiger partial charge in [0.25, 0.3) is 0 Å². The zero-order chi connectivity index (χ0) is 15.0. The van der Waals surface area contributed by atoms with E-state index >= 15 is 0 Å². The van der Waals surface area contributed by atoms with Gasteiger partial charge in [-0.1, -0.05) is 0 Å². The fourth-order valence-corrected chi connectivity index (χ4v) is 3.61. The summed E-state index contributed by atoms with van der Waals surface area (Å²) in [6.07, 6.45) is 2.12. The highest BCUT2D eigenvalue weighted by molar-refractivity contribution is 9.10. The molecule has 20 heavy (non-hydrogen) atoms. The van der Waals surface area contributed by atoms with Gasteiger partial charge in [0.2, 0.25) is 10.0 Å². The summed E-state index contributed by atoms with van der Waals surface area (Å²) in [5, 5.41) is 9.96. The minimum Gasteiger partial charge on any atom is -0.495 e. The molecule has 8 heteroatoms. The Morgan fingerprint density at radius 2 is 2.15 bits per heavy atom. The number of anilines is 1. The maximum absolute atomic E-state index is 12.3. The van der Waals surface area contributed by atoms with Crippen molar-refractivity contribution in [2.45, 2.75) is 29.8 Å². The third kappa shape index (κ3) is 3.08. The second kappa shape index (κ2) is 5.51. The fraction of sp³-hybridized carbons (Fsp3) is 0.500. The molecule has 2 rings (SSSR count). The standard InChI is InChI=1S/C12H17BrN2O4S/c1-19-10-5-8(13)9(14)6-11(10)20(17,18)15-7-12(16)3-2-4-12/h5-6,15-16H,2-4,7,14H2,1H3. The van der Waals surface area contributed by atoms with Crippen molar-refractivity contribution in [3.63, 3.8) is 0 Å². The number of ether oxygens (including phenoxy) is 1. The number of nitrogen functional groups attached to an aromatic ring is 1. The summed E-state index contributed by atoms with van der Waals surface area (Å²) in [6.45, 7) is -0.00550. The number of nitrogens with one attached hydrogen (secondary N) is 1. The zero-order valence-electron chi connectivity index (χ0n) is 11.0. The molecule has 0 atom stereocenters. The predicted molar refractivity (Wildman–Crippen MR) is 79.1 cm³/mol. The molecule has 0 radical (unpaired) electrons. The molecule has 0 aromatic heterocycles. The lowest BCUT2D eigenvalue weighted by molar-refractivity contribution is -0.0271. The number of nitrogens with two attached hydrogens (primary N) is 1. The number of sulfonamides is 1. The van der Waals surface area contributed by atoms with E-state index in [1.807, 2.05) is 0 Å². The average molecular weight is 365 g/mol. The average Bonchev–Trinajstić information content (AvgIpc) is 2.36. The van der Waals surface area contributed by atoms with Gasteiger partial charge in [0, 0.05) is 16.7 Å². The predicted octanol–water partition coefficient (Wildman–Crippen LogP) is 1.23. The third-order valence-corrected chi connectivity index (χ3v) is 5.56. The molecule has 112 valence electrons. The first-order chi connectivity index (χ1) is 9.27. The fourth-order valence-electron chi connectivity index (χ4n) is 1.99. The quantitative estimate of drug-likeness (QED) is 0.682. The zero-order valence-corrected chi connectivity index (χ0v) is 13.4. The number of methoxy groups -OCH3 is 1. The maximum Gasteiger partial charge on any atom is 0.244 e. The van der Waals surface area contributed by atoms with Crippen molar-refractivity contribution in [2.75, 3.05) is 19.4 Å². The first-order valence-electron chi connectivity index (χ1n) is 6.12. The highest BCUT2D eigenvalue weighted by Gasteiger charge is 2.36. The van der Waals surface area contributed by atoms with Crippen LogP contribution in [0.4, 0.5) is 5.69 Å². The molecule has 1 fully saturated rings. The Morgan fingerprint density at radius 3 is 2.65 bits per heavy atom. The Hall–Kier alpha value is -0.830. The highest BCUT2D eigenvalue weighted by atomic mass is 79.9. The SMILES string of the molecule is COc1cc(Br)c(N)cc1S(=O)(=O)NCC1(O)CCC1. The largest absolute Gasteiger partial charge is 0.495 e. The van der Waals surface area contributed by atoms with Crippen LogP contribution in [0, 0.1) is 0 Å². The lowest BCUT2D eigenvalue weighted by Crippen LogP contribution is -2.47. The number of benzene rings is 1. The molecule has 0 spiro atoms. The molecule has 1 aliphatic rings. The van der Waals surface area contributed by atoms with E-state index in [0.29, 0.717) is 23.0 Å². The minimum atomic E-state index is -3.79. The summed E-state index contributed by atoms with van der Waals surface area (Å²) in [5.41, 5.74) is 5.09. The van der Waals surface area contributed by atoms with Gasteiger partial charge in [0.05, 0.1) is 12.7 Å². The Bertz CT molecular complexity index is 614. The number of rotatable bonds is 5. The number of hydrogen-bond donors (Lipinski definition) is 3. The molecule has 1 saturated carbocycles. The number of hydrogen-bond acceptors (Lipinski definition) is 5. The van der Waals surface area contributed by atoms with Crippen LogP contribution in [0.15, 0.2) is 21.5 Å². The van der Waals surface area contributed by atoms with Gasteiger partial charge in [0.1, 0.15) is 10.6 Å². The number of halogens is 1. The monoisotopic (exact) mass is 364 g/mol. The van der Waals surface area contributed by atoms with Crippen molar-refractivity contribution in [1.82, 2.24) is 4.72 Å². The van der Waals surface area contributed by atoms with Crippen LogP contribution in [0.2, 0.25) is 0 Å². The van der Waals surface area contributed by atoms with Crippen molar-refractivity contribution in [2.24, 2.45) is 0 Å². The van der Waals surface area contributed by atoms with E-state index in [1.165, 1.54) is 19.2 Å². The molecule has 6 nitrogen and oxygen atoms in total. The highest BCUT2D eigenvalue weighted by Crippen LogP contribution is 2.34. The summed E-state index contributed by atoms with van der Waals surface area (Å²) < 4.78 is 32.6. The van der Waals surface area contributed by atoms with Gasteiger partial charge < -0.3 is 15.6 Å². The molecule has 0 aliphatic heterocycles. The van der Waals surface area contributed by atoms with E-state index in [-0.39, 0.29) is 17.2 Å². The van der Waals surface area contributed by atoms with Crippen LogP contribution in [0.3, 0.4) is 0 Å². The summed E-state index contributed by atoms with van der Waals surface area (Å²) in [4.78, 5) is -0.0383. The Kier molecular flexibility index (Phi) is 4.29. The van der Waals surface area contributed by atoms with E-state index in [4.69, 9.17) is 10.5 Å². The van der Waals surface area contributed by atoms with E-state index in [1.54, 1.807) is 0 Å². The third-order valence-electron chi connectivity index (χ3n) is 3.45. The van der Waals surface area contributed by atoms with Crippen molar-refractivity contribution >= 4 is 31.6 Å². The van der Waals surface area contributed by atoms with E-state index < -0.39 is 15.6 Å². The molecule has 1 aromatic rings. The molecule has 0 amide bonds. The molecule has 4 N–H and O–H groups in total. The second-order valence-corrected chi connectivity index (χ2v) is 7.52. The van der Waals surface area contributed by atoms with Crippen LogP contribution in [-0.2, 0) is 10.0 Å². The van der Waals surface area contributed by atoms with Gasteiger partial charge in [0.15, 0.2) is 0 Å². The molecular weight excluding hydrogens is 348 g/mol. The van der Waals surface area contributed by atoms with Crippen LogP contribution in [0.5, 0.6) is 5.75 Å². The van der Waals surface area contributed by atoms with Gasteiger partial charge in [-0.15, -0.1) is 0 Å². The van der Waals surface area contributed by atoms with Gasteiger partial charge >= 0.3 is 0 Å². The molecule has 0 heterocycles. The van der Waals surface area contributed by atoms with Crippen molar-refractivity contribution in [3.05, 3.63) is 16.6 Å².